The van der Waals surface area contributed by atoms with Crippen LogP contribution in [0.5, 0.6) is 0 Å². The average molecular weight is 384 g/mol. The maximum atomic E-state index is 12.6. The molecule has 0 aliphatic rings. The first-order valence-corrected chi connectivity index (χ1v) is 9.05. The molecule has 2 atom stereocenters. The molecular formula is C21H24N2O5. The molecule has 2 amide bonds. The molecule has 2 aromatic carbocycles. The molecule has 2 rings (SSSR count). The van der Waals surface area contributed by atoms with E-state index in [9.17, 15) is 19.2 Å². The summed E-state index contributed by atoms with van der Waals surface area (Å²) in [5, 5.41) is 15.9. The van der Waals surface area contributed by atoms with Crippen LogP contribution >= 0.6 is 0 Å². The number of carbonyl (C=O) groups excluding carboxylic acids is 3. The van der Waals surface area contributed by atoms with Crippen molar-refractivity contribution in [3.63, 3.8) is 0 Å². The summed E-state index contributed by atoms with van der Waals surface area (Å²) in [7, 11) is 0. The van der Waals surface area contributed by atoms with Gasteiger partial charge in [-0.2, -0.15) is 0 Å². The lowest BCUT2D eigenvalue weighted by molar-refractivity contribution is -0.139. The molecule has 0 bridgehead atoms. The van der Waals surface area contributed by atoms with E-state index in [1.807, 2.05) is 42.5 Å². The number of rotatable bonds is 9. The molecule has 0 saturated carbocycles. The van der Waals surface area contributed by atoms with Gasteiger partial charge in [0.15, 0.2) is 0 Å². The Morgan fingerprint density at radius 3 is 2.36 bits per heavy atom. The molecule has 0 aromatic heterocycles. The molecule has 28 heavy (non-hydrogen) atoms. The van der Waals surface area contributed by atoms with Gasteiger partial charge in [-0.3, -0.25) is 14.4 Å². The zero-order chi connectivity index (χ0) is 20.7. The molecule has 0 saturated heterocycles. The molecule has 0 heterocycles. The molecule has 148 valence electrons. The van der Waals surface area contributed by atoms with E-state index in [0.29, 0.717) is 6.29 Å². The van der Waals surface area contributed by atoms with Crippen molar-refractivity contribution >= 4 is 34.8 Å². The second-order valence-corrected chi connectivity index (χ2v) is 6.95. The van der Waals surface area contributed by atoms with E-state index in [2.05, 4.69) is 10.6 Å². The number of carbonyl (C=O) groups is 4. The summed E-state index contributed by atoms with van der Waals surface area (Å²) in [6.07, 6.45) is -0.0323. The van der Waals surface area contributed by atoms with Gasteiger partial charge in [-0.05, 0) is 22.3 Å². The fraction of sp³-hybridized carbons (Fsp3) is 0.333. The van der Waals surface area contributed by atoms with Gasteiger partial charge in [-0.1, -0.05) is 56.3 Å². The molecule has 7 heteroatoms. The van der Waals surface area contributed by atoms with Crippen molar-refractivity contribution in [3.05, 3.63) is 48.0 Å². The fourth-order valence-corrected chi connectivity index (χ4v) is 2.97. The van der Waals surface area contributed by atoms with Crippen molar-refractivity contribution in [2.24, 2.45) is 5.92 Å². The highest BCUT2D eigenvalue weighted by Crippen LogP contribution is 2.19. The first-order valence-electron chi connectivity index (χ1n) is 9.05. The standard InChI is InChI=1S/C21H24N2O5/c1-13(2)20(21(28)22-16(12-24)11-19(26)27)23-18(25)10-15-8-5-7-14-6-3-4-9-17(14)15/h3-9,12-13,16,20H,10-11H2,1-2H3,(H,22,28)(H,23,25)(H,26,27)/t16-,20-/m0/s1. The van der Waals surface area contributed by atoms with Gasteiger partial charge in [0.2, 0.25) is 11.8 Å². The van der Waals surface area contributed by atoms with Crippen LogP contribution in [0, 0.1) is 5.92 Å². The maximum absolute atomic E-state index is 12.6. The monoisotopic (exact) mass is 384 g/mol. The molecule has 2 aromatic rings. The third kappa shape index (κ3) is 5.64. The lowest BCUT2D eigenvalue weighted by Crippen LogP contribution is -2.53. The lowest BCUT2D eigenvalue weighted by Gasteiger charge is -2.23. The van der Waals surface area contributed by atoms with E-state index in [1.165, 1.54) is 0 Å². The van der Waals surface area contributed by atoms with E-state index in [4.69, 9.17) is 5.11 Å². The van der Waals surface area contributed by atoms with Crippen molar-refractivity contribution in [2.45, 2.75) is 38.8 Å². The van der Waals surface area contributed by atoms with Crippen LogP contribution in [0.2, 0.25) is 0 Å². The summed E-state index contributed by atoms with van der Waals surface area (Å²) in [5.74, 6) is -2.35. The number of benzene rings is 2. The van der Waals surface area contributed by atoms with Crippen LogP contribution in [-0.2, 0) is 25.6 Å². The van der Waals surface area contributed by atoms with Crippen LogP contribution < -0.4 is 10.6 Å². The first kappa shape index (κ1) is 21.1. The lowest BCUT2D eigenvalue weighted by atomic mass is 10.00. The largest absolute Gasteiger partial charge is 0.481 e. The quantitative estimate of drug-likeness (QED) is 0.570. The average Bonchev–Trinajstić information content (AvgIpc) is 2.65. The number of hydrogen-bond donors (Lipinski definition) is 3. The predicted octanol–water partition coefficient (Wildman–Crippen LogP) is 1.68. The van der Waals surface area contributed by atoms with Crippen molar-refractivity contribution in [2.75, 3.05) is 0 Å². The Morgan fingerprint density at radius 1 is 1.04 bits per heavy atom. The van der Waals surface area contributed by atoms with E-state index in [1.54, 1.807) is 13.8 Å². The first-order chi connectivity index (χ1) is 13.3. The molecule has 0 unspecified atom stereocenters. The summed E-state index contributed by atoms with van der Waals surface area (Å²) in [4.78, 5) is 46.8. The summed E-state index contributed by atoms with van der Waals surface area (Å²) in [6, 6.07) is 11.4. The highest BCUT2D eigenvalue weighted by molar-refractivity contribution is 5.93. The highest BCUT2D eigenvalue weighted by atomic mass is 16.4. The van der Waals surface area contributed by atoms with Crippen molar-refractivity contribution in [1.29, 1.82) is 0 Å². The number of carboxylic acid groups (broad SMARTS) is 1. The number of amides is 2. The van der Waals surface area contributed by atoms with Crippen LogP contribution in [0.3, 0.4) is 0 Å². The summed E-state index contributed by atoms with van der Waals surface area (Å²) >= 11 is 0. The van der Waals surface area contributed by atoms with Crippen LogP contribution in [0.1, 0.15) is 25.8 Å². The van der Waals surface area contributed by atoms with Gasteiger partial charge in [-0.25, -0.2) is 0 Å². The third-order valence-electron chi connectivity index (χ3n) is 4.38. The number of aliphatic carboxylic acids is 1. The van der Waals surface area contributed by atoms with Crippen LogP contribution in [0.4, 0.5) is 0 Å². The molecule has 0 aliphatic carbocycles. The Morgan fingerprint density at radius 2 is 1.71 bits per heavy atom. The fourth-order valence-electron chi connectivity index (χ4n) is 2.97. The Hall–Kier alpha value is -3.22. The predicted molar refractivity (Wildman–Crippen MR) is 105 cm³/mol. The number of hydrogen-bond acceptors (Lipinski definition) is 4. The van der Waals surface area contributed by atoms with Crippen molar-refractivity contribution in [1.82, 2.24) is 10.6 Å². The minimum atomic E-state index is -1.20. The molecule has 3 N–H and O–H groups in total. The molecular weight excluding hydrogens is 360 g/mol. The molecule has 0 fully saturated rings. The number of nitrogens with one attached hydrogen (secondary N) is 2. The molecule has 0 spiro atoms. The normalized spacial score (nSPS) is 13.0. The van der Waals surface area contributed by atoms with Gasteiger partial charge >= 0.3 is 5.97 Å². The topological polar surface area (TPSA) is 113 Å². The smallest absolute Gasteiger partial charge is 0.305 e. The SMILES string of the molecule is CC(C)[C@H](NC(=O)Cc1cccc2ccccc12)C(=O)N[C@H](C=O)CC(=O)O. The van der Waals surface area contributed by atoms with Crippen LogP contribution in [0.15, 0.2) is 42.5 Å². The van der Waals surface area contributed by atoms with E-state index in [0.717, 1.165) is 16.3 Å². The number of fused-ring (bicyclic) bond motifs is 1. The minimum Gasteiger partial charge on any atom is -0.481 e. The summed E-state index contributed by atoms with van der Waals surface area (Å²) in [5.41, 5.74) is 0.843. The van der Waals surface area contributed by atoms with Gasteiger partial charge in [-0.15, -0.1) is 0 Å². The second-order valence-electron chi connectivity index (χ2n) is 6.95. The zero-order valence-corrected chi connectivity index (χ0v) is 15.8. The van der Waals surface area contributed by atoms with Crippen LogP contribution in [-0.4, -0.2) is 41.3 Å². The Kier molecular flexibility index (Phi) is 7.26. The van der Waals surface area contributed by atoms with Gasteiger partial charge < -0.3 is 20.5 Å². The van der Waals surface area contributed by atoms with Gasteiger partial charge in [0, 0.05) is 0 Å². The Bertz CT molecular complexity index is 873. The Labute approximate surface area is 163 Å². The van der Waals surface area contributed by atoms with Gasteiger partial charge in [0.1, 0.15) is 12.3 Å². The third-order valence-corrected chi connectivity index (χ3v) is 4.38. The summed E-state index contributed by atoms with van der Waals surface area (Å²) < 4.78 is 0. The zero-order valence-electron chi connectivity index (χ0n) is 15.8. The minimum absolute atomic E-state index is 0.101. The maximum Gasteiger partial charge on any atom is 0.305 e. The van der Waals surface area contributed by atoms with Crippen molar-refractivity contribution < 1.29 is 24.3 Å². The van der Waals surface area contributed by atoms with E-state index in [-0.39, 0.29) is 18.2 Å². The number of aldehydes is 1. The molecule has 7 nitrogen and oxygen atoms in total. The highest BCUT2D eigenvalue weighted by Gasteiger charge is 2.27. The second kappa shape index (κ2) is 9.64. The Balaban J connectivity index is 2.08. The van der Waals surface area contributed by atoms with Crippen LogP contribution in [0.25, 0.3) is 10.8 Å². The van der Waals surface area contributed by atoms with E-state index < -0.39 is 30.4 Å². The molecule has 0 radical (unpaired) electrons. The summed E-state index contributed by atoms with van der Waals surface area (Å²) in [6.45, 7) is 3.52. The van der Waals surface area contributed by atoms with Gasteiger partial charge in [0.05, 0.1) is 18.9 Å². The van der Waals surface area contributed by atoms with Crippen molar-refractivity contribution in [3.8, 4) is 0 Å². The number of carboxylic acids is 1. The van der Waals surface area contributed by atoms with E-state index >= 15 is 0 Å². The van der Waals surface area contributed by atoms with Gasteiger partial charge in [0.25, 0.3) is 0 Å². The molecule has 0 aliphatic heterocycles.